The number of fused-ring (bicyclic) bond motifs is 1. The molecule has 1 unspecified atom stereocenters. The first-order valence-electron chi connectivity index (χ1n) is 13.9. The van der Waals surface area contributed by atoms with Crippen molar-refractivity contribution in [2.45, 2.75) is 37.4 Å². The maximum Gasteiger partial charge on any atom is 0.109 e. The van der Waals surface area contributed by atoms with E-state index in [9.17, 15) is 17.2 Å². The summed E-state index contributed by atoms with van der Waals surface area (Å²) in [6.07, 6.45) is 5.38. The summed E-state index contributed by atoms with van der Waals surface area (Å²) in [6.45, 7) is 0. The van der Waals surface area contributed by atoms with Crippen molar-refractivity contribution in [3.63, 3.8) is 0 Å². The molecule has 2 N–H and O–H groups in total. The summed E-state index contributed by atoms with van der Waals surface area (Å²) in [6, 6.07) is 24.6. The highest BCUT2D eigenvalue weighted by atomic mass is 35.5. The Morgan fingerprint density at radius 2 is 1.81 bits per heavy atom. The summed E-state index contributed by atoms with van der Waals surface area (Å²) < 4.78 is 11.4. The van der Waals surface area contributed by atoms with Crippen LogP contribution in [0.3, 0.4) is 0 Å². The lowest BCUT2D eigenvalue weighted by Gasteiger charge is -2.22. The second-order valence-electron chi connectivity index (χ2n) is 9.99. The van der Waals surface area contributed by atoms with Crippen LogP contribution in [0, 0.1) is 34.0 Å². The SMILES string of the molecule is [2H]C(Nc1cc(Cl)c2ncc(C#N)c(N[C@H](CC#N)c3ccccc3)c2c1)(c1cccc(C#N)c1)c1cn(C2CC2)nn1. The molecule has 1 saturated carbocycles. The lowest BCUT2D eigenvalue weighted by molar-refractivity contribution is 0.610. The molecule has 5 aromatic rings. The van der Waals surface area contributed by atoms with Gasteiger partial charge in [-0.25, -0.2) is 4.68 Å². The van der Waals surface area contributed by atoms with Crippen LogP contribution in [-0.4, -0.2) is 20.0 Å². The van der Waals surface area contributed by atoms with Crippen LogP contribution < -0.4 is 10.6 Å². The smallest absolute Gasteiger partial charge is 0.109 e. The van der Waals surface area contributed by atoms with E-state index in [0.717, 1.165) is 18.4 Å². The quantitative estimate of drug-likeness (QED) is 0.196. The molecule has 0 amide bonds. The van der Waals surface area contributed by atoms with Crippen LogP contribution in [0.5, 0.6) is 0 Å². The number of pyridine rings is 1. The Kier molecular flexibility index (Phi) is 7.04. The molecule has 9 nitrogen and oxygen atoms in total. The Balaban J connectivity index is 1.48. The number of nitriles is 3. The standard InChI is InChI=1S/C32H24ClN9/c33-27-15-24(38-31(22-8-4-5-20(13-22)16-35)29-19-42(41-40-29)25-9-10-25)14-26-30(23(17-36)18-37-32(26)27)39-28(11-12-34)21-6-2-1-3-7-21/h1-8,13-15,18-19,25,28,31,38H,9-11H2,(H,37,39)/t28-,31?/m1/s1/i31D. The van der Waals surface area contributed by atoms with Crippen LogP contribution >= 0.6 is 11.6 Å². The summed E-state index contributed by atoms with van der Waals surface area (Å²) >= 11 is 6.77. The van der Waals surface area contributed by atoms with Crippen molar-refractivity contribution in [2.75, 3.05) is 10.6 Å². The molecule has 6 rings (SSSR count). The molecule has 0 spiro atoms. The van der Waals surface area contributed by atoms with E-state index in [-0.39, 0.29) is 18.0 Å². The lowest BCUT2D eigenvalue weighted by atomic mass is 10.0. The van der Waals surface area contributed by atoms with Crippen molar-refractivity contribution >= 4 is 33.9 Å². The number of nitrogens with one attached hydrogen (secondary N) is 2. The predicted molar refractivity (Wildman–Crippen MR) is 159 cm³/mol. The second-order valence-corrected chi connectivity index (χ2v) is 10.4. The highest BCUT2D eigenvalue weighted by Crippen LogP contribution is 2.38. The molecule has 1 fully saturated rings. The predicted octanol–water partition coefficient (Wildman–Crippen LogP) is 6.83. The number of halogens is 1. The van der Waals surface area contributed by atoms with Gasteiger partial charge in [0.2, 0.25) is 0 Å². The van der Waals surface area contributed by atoms with Crippen LogP contribution in [0.4, 0.5) is 11.4 Å². The zero-order valence-electron chi connectivity index (χ0n) is 23.3. The van der Waals surface area contributed by atoms with Crippen molar-refractivity contribution in [2.24, 2.45) is 0 Å². The fourth-order valence-electron chi connectivity index (χ4n) is 4.86. The number of nitrogens with zero attached hydrogens (tertiary/aromatic N) is 7. The Morgan fingerprint density at radius 1 is 1.00 bits per heavy atom. The fourth-order valence-corrected chi connectivity index (χ4v) is 5.12. The first kappa shape index (κ1) is 25.5. The molecule has 3 aromatic carbocycles. The minimum atomic E-state index is -1.64. The van der Waals surface area contributed by atoms with Gasteiger partial charge in [0.15, 0.2) is 0 Å². The summed E-state index contributed by atoms with van der Waals surface area (Å²) in [5.41, 5.74) is 3.82. The number of hydrogen-bond donors (Lipinski definition) is 2. The maximum atomic E-state index is 10.00. The minimum absolute atomic E-state index is 0.159. The van der Waals surface area contributed by atoms with E-state index in [0.29, 0.717) is 44.1 Å². The van der Waals surface area contributed by atoms with Crippen LogP contribution in [-0.2, 0) is 0 Å². The molecular weight excluding hydrogens is 546 g/mol. The molecule has 0 saturated heterocycles. The van der Waals surface area contributed by atoms with Gasteiger partial charge in [-0.3, -0.25) is 4.98 Å². The van der Waals surface area contributed by atoms with Crippen molar-refractivity contribution in [1.29, 1.82) is 15.8 Å². The molecule has 2 atom stereocenters. The van der Waals surface area contributed by atoms with E-state index >= 15 is 0 Å². The van der Waals surface area contributed by atoms with Gasteiger partial charge in [-0.05, 0) is 48.2 Å². The van der Waals surface area contributed by atoms with Gasteiger partial charge in [-0.2, -0.15) is 15.8 Å². The van der Waals surface area contributed by atoms with Crippen LogP contribution in [0.25, 0.3) is 10.9 Å². The van der Waals surface area contributed by atoms with Crippen molar-refractivity contribution < 1.29 is 1.37 Å². The fraction of sp³-hybridized carbons (Fsp3) is 0.188. The molecule has 204 valence electrons. The summed E-state index contributed by atoms with van der Waals surface area (Å²) in [5, 5.41) is 45.3. The monoisotopic (exact) mass is 570 g/mol. The van der Waals surface area contributed by atoms with E-state index < -0.39 is 12.1 Å². The molecule has 1 aliphatic rings. The van der Waals surface area contributed by atoms with E-state index in [1.165, 1.54) is 6.20 Å². The molecular formula is C32H24ClN9. The van der Waals surface area contributed by atoms with Gasteiger partial charge in [0.05, 0.1) is 71.6 Å². The van der Waals surface area contributed by atoms with E-state index in [4.69, 9.17) is 11.6 Å². The van der Waals surface area contributed by atoms with E-state index in [2.05, 4.69) is 44.1 Å². The Labute approximate surface area is 249 Å². The molecule has 10 heteroatoms. The molecule has 42 heavy (non-hydrogen) atoms. The third-order valence-electron chi connectivity index (χ3n) is 7.10. The van der Waals surface area contributed by atoms with E-state index in [1.807, 2.05) is 30.3 Å². The zero-order chi connectivity index (χ0) is 30.0. The van der Waals surface area contributed by atoms with Gasteiger partial charge in [0, 0.05) is 17.3 Å². The second kappa shape index (κ2) is 11.6. The Morgan fingerprint density at radius 3 is 2.55 bits per heavy atom. The van der Waals surface area contributed by atoms with Gasteiger partial charge < -0.3 is 10.6 Å². The highest BCUT2D eigenvalue weighted by Gasteiger charge is 2.27. The molecule has 0 bridgehead atoms. The van der Waals surface area contributed by atoms with Gasteiger partial charge in [-0.1, -0.05) is 59.3 Å². The van der Waals surface area contributed by atoms with E-state index in [1.54, 1.807) is 47.3 Å². The van der Waals surface area contributed by atoms with Gasteiger partial charge >= 0.3 is 0 Å². The van der Waals surface area contributed by atoms with Crippen LogP contribution in [0.2, 0.25) is 5.02 Å². The molecule has 2 heterocycles. The summed E-state index contributed by atoms with van der Waals surface area (Å²) in [7, 11) is 0. The summed E-state index contributed by atoms with van der Waals surface area (Å²) in [5.74, 6) is 0. The average Bonchev–Trinajstić information content (AvgIpc) is 3.76. The van der Waals surface area contributed by atoms with Gasteiger partial charge in [-0.15, -0.1) is 5.10 Å². The third kappa shape index (κ3) is 5.45. The van der Waals surface area contributed by atoms with Gasteiger partial charge in [0.1, 0.15) is 11.8 Å². The topological polar surface area (TPSA) is 139 Å². The largest absolute Gasteiger partial charge is 0.376 e. The number of anilines is 2. The zero-order valence-corrected chi connectivity index (χ0v) is 23.0. The van der Waals surface area contributed by atoms with Crippen molar-refractivity contribution in [3.05, 3.63) is 112 Å². The Hall–Kier alpha value is -5.43. The lowest BCUT2D eigenvalue weighted by Crippen LogP contribution is -2.14. The maximum absolute atomic E-state index is 10.00. The summed E-state index contributed by atoms with van der Waals surface area (Å²) in [4.78, 5) is 4.45. The van der Waals surface area contributed by atoms with Crippen LogP contribution in [0.15, 0.2) is 79.1 Å². The van der Waals surface area contributed by atoms with Crippen molar-refractivity contribution in [1.82, 2.24) is 20.0 Å². The molecule has 2 aromatic heterocycles. The Bertz CT molecular complexity index is 1950. The number of aromatic nitrogens is 4. The number of benzene rings is 3. The van der Waals surface area contributed by atoms with Crippen molar-refractivity contribution in [3.8, 4) is 18.2 Å². The number of hydrogen-bond acceptors (Lipinski definition) is 8. The van der Waals surface area contributed by atoms with Gasteiger partial charge in [0.25, 0.3) is 0 Å². The molecule has 0 radical (unpaired) electrons. The molecule has 0 aliphatic heterocycles. The number of rotatable bonds is 9. The first-order chi connectivity index (χ1) is 20.9. The highest BCUT2D eigenvalue weighted by molar-refractivity contribution is 6.35. The molecule has 1 aliphatic carbocycles. The minimum Gasteiger partial charge on any atom is -0.376 e. The van der Waals surface area contributed by atoms with Crippen LogP contribution in [0.1, 0.15) is 66.7 Å². The normalized spacial score (nSPS) is 15.0. The first-order valence-corrected chi connectivity index (χ1v) is 13.7. The third-order valence-corrected chi connectivity index (χ3v) is 7.39. The average molecular weight is 571 g/mol.